The van der Waals surface area contributed by atoms with Gasteiger partial charge in [-0.15, -0.1) is 0 Å². The van der Waals surface area contributed by atoms with Crippen LogP contribution in [0.15, 0.2) is 72.8 Å². The molecule has 3 aromatic carbocycles. The van der Waals surface area contributed by atoms with Gasteiger partial charge in [-0.1, -0.05) is 99.8 Å². The van der Waals surface area contributed by atoms with Crippen LogP contribution >= 0.6 is 0 Å². The van der Waals surface area contributed by atoms with Crippen LogP contribution in [0.3, 0.4) is 0 Å². The minimum absolute atomic E-state index is 0.0935. The third kappa shape index (κ3) is 13.5. The number of carbonyl (C=O) groups excluding carboxylic acids is 3. The molecule has 9 heteroatoms. The summed E-state index contributed by atoms with van der Waals surface area (Å²) in [6.45, 7) is 14.8. The van der Waals surface area contributed by atoms with Crippen molar-refractivity contribution in [2.24, 2.45) is 17.3 Å². The van der Waals surface area contributed by atoms with Crippen molar-refractivity contribution in [1.82, 2.24) is 15.0 Å². The Kier molecular flexibility index (Phi) is 15.9. The van der Waals surface area contributed by atoms with Gasteiger partial charge in [-0.05, 0) is 90.0 Å². The van der Waals surface area contributed by atoms with Gasteiger partial charge in [-0.3, -0.25) is 14.4 Å². The largest absolute Gasteiger partial charge is 0.324 e. The maximum Gasteiger partial charge on any atom is 0.233 e. The lowest BCUT2D eigenvalue weighted by molar-refractivity contribution is 0.0935. The number of nitrogens with one attached hydrogen (secondary N) is 3. The van der Waals surface area contributed by atoms with Gasteiger partial charge < -0.3 is 16.0 Å². The van der Waals surface area contributed by atoms with Gasteiger partial charge in [0.15, 0.2) is 17.3 Å². The van der Waals surface area contributed by atoms with Crippen LogP contribution in [0.4, 0.5) is 34.9 Å². The van der Waals surface area contributed by atoms with Crippen LogP contribution in [-0.2, 0) is 0 Å². The van der Waals surface area contributed by atoms with E-state index in [2.05, 4.69) is 79.4 Å². The average Bonchev–Trinajstić information content (AvgIpc) is 3.15. The first kappa shape index (κ1) is 41.8. The van der Waals surface area contributed by atoms with Crippen LogP contribution < -0.4 is 16.0 Å². The van der Waals surface area contributed by atoms with Crippen LogP contribution in [0.5, 0.6) is 0 Å². The quantitative estimate of drug-likeness (QED) is 0.0677. The number of ketones is 3. The molecule has 54 heavy (non-hydrogen) atoms. The van der Waals surface area contributed by atoms with E-state index < -0.39 is 0 Å². The highest BCUT2D eigenvalue weighted by Crippen LogP contribution is 2.26. The molecule has 3 N–H and O–H groups in total. The minimum Gasteiger partial charge on any atom is -0.324 e. The molecule has 0 fully saturated rings. The van der Waals surface area contributed by atoms with Gasteiger partial charge in [-0.25, -0.2) is 0 Å². The van der Waals surface area contributed by atoms with Gasteiger partial charge in [-0.2, -0.15) is 15.0 Å². The van der Waals surface area contributed by atoms with Crippen molar-refractivity contribution in [2.75, 3.05) is 16.0 Å². The third-order valence-corrected chi connectivity index (χ3v) is 9.75. The number of aromatic nitrogens is 3. The molecule has 0 aliphatic heterocycles. The zero-order chi connectivity index (χ0) is 39.1. The number of hydrogen-bond donors (Lipinski definition) is 3. The normalized spacial score (nSPS) is 12.5. The zero-order valence-electron chi connectivity index (χ0n) is 33.4. The number of benzene rings is 3. The highest BCUT2D eigenvalue weighted by molar-refractivity contribution is 5.97. The number of anilines is 6. The molecule has 0 spiro atoms. The zero-order valence-corrected chi connectivity index (χ0v) is 33.4. The number of hydrogen-bond acceptors (Lipinski definition) is 9. The fourth-order valence-corrected chi connectivity index (χ4v) is 6.38. The molecular formula is C45H60N6O3. The highest BCUT2D eigenvalue weighted by atomic mass is 16.1. The van der Waals surface area contributed by atoms with E-state index in [-0.39, 0.29) is 28.7 Å². The van der Waals surface area contributed by atoms with E-state index in [9.17, 15) is 14.4 Å². The topological polar surface area (TPSA) is 126 Å². The molecule has 0 aliphatic carbocycles. The lowest BCUT2D eigenvalue weighted by atomic mass is 9.88. The summed E-state index contributed by atoms with van der Waals surface area (Å²) in [5, 5.41) is 9.79. The molecule has 4 aromatic rings. The molecule has 1 heterocycles. The van der Waals surface area contributed by atoms with Crippen LogP contribution in [0.1, 0.15) is 150 Å². The summed E-state index contributed by atoms with van der Waals surface area (Å²) in [5.41, 5.74) is 4.09. The Hall–Kier alpha value is -4.92. The fraction of sp³-hybridized carbons (Fsp3) is 0.467. The van der Waals surface area contributed by atoms with Crippen molar-refractivity contribution in [2.45, 2.75) is 119 Å². The smallest absolute Gasteiger partial charge is 0.233 e. The summed E-state index contributed by atoms with van der Waals surface area (Å²) in [6, 6.07) is 22.1. The van der Waals surface area contributed by atoms with Crippen molar-refractivity contribution in [3.8, 4) is 0 Å². The first-order chi connectivity index (χ1) is 25.9. The minimum atomic E-state index is -0.101. The van der Waals surface area contributed by atoms with E-state index in [1.165, 1.54) is 0 Å². The van der Waals surface area contributed by atoms with E-state index in [0.29, 0.717) is 65.4 Å². The third-order valence-electron chi connectivity index (χ3n) is 9.75. The fourth-order valence-electron chi connectivity index (χ4n) is 6.38. The Balaban J connectivity index is 1.54. The predicted octanol–water partition coefficient (Wildman–Crippen LogP) is 12.3. The molecule has 0 saturated carbocycles. The molecule has 0 aliphatic rings. The molecular weight excluding hydrogens is 673 g/mol. The van der Waals surface area contributed by atoms with Crippen LogP contribution in [0.2, 0.25) is 0 Å². The van der Waals surface area contributed by atoms with E-state index >= 15 is 0 Å². The number of rotatable bonds is 22. The monoisotopic (exact) mass is 732 g/mol. The van der Waals surface area contributed by atoms with Gasteiger partial charge in [0.1, 0.15) is 0 Å². The standard InChI is InChI=1S/C45H60N6O3/c1-8-12-14-31(10-3)28-39(52)33-16-22-36(23-17-33)46-42-49-43(47-37-24-18-34(19-25-37)40(53)29-32(11-4)15-13-9-2)51-44(50-42)48-38-26-20-35(21-27-38)41(54)30-45(5,6)7/h16-27,31-32H,8-15,28-30H2,1-7H3,(H3,46,47,48,49,50,51). The predicted molar refractivity (Wildman–Crippen MR) is 222 cm³/mol. The van der Waals surface area contributed by atoms with Crippen molar-refractivity contribution in [1.29, 1.82) is 0 Å². The molecule has 2 atom stereocenters. The van der Waals surface area contributed by atoms with Crippen molar-refractivity contribution in [3.05, 3.63) is 89.5 Å². The second-order valence-corrected chi connectivity index (χ2v) is 15.7. The molecule has 9 nitrogen and oxygen atoms in total. The van der Waals surface area contributed by atoms with Crippen LogP contribution in [0, 0.1) is 17.3 Å². The first-order valence-electron chi connectivity index (χ1n) is 19.9. The molecule has 4 rings (SSSR count). The molecule has 1 aromatic heterocycles. The first-order valence-corrected chi connectivity index (χ1v) is 19.9. The summed E-state index contributed by atoms with van der Waals surface area (Å²) in [7, 11) is 0. The van der Waals surface area contributed by atoms with Crippen LogP contribution in [-0.4, -0.2) is 32.3 Å². The van der Waals surface area contributed by atoms with Crippen LogP contribution in [0.25, 0.3) is 0 Å². The van der Waals surface area contributed by atoms with E-state index in [0.717, 1.165) is 62.7 Å². The lowest BCUT2D eigenvalue weighted by Crippen LogP contribution is -2.13. The Morgan fingerprint density at radius 2 is 0.833 bits per heavy atom. The van der Waals surface area contributed by atoms with Gasteiger partial charge in [0.2, 0.25) is 17.8 Å². The summed E-state index contributed by atoms with van der Waals surface area (Å²) in [5.74, 6) is 2.08. The summed E-state index contributed by atoms with van der Waals surface area (Å²) in [4.78, 5) is 52.8. The maximum absolute atomic E-state index is 13.1. The van der Waals surface area contributed by atoms with Gasteiger partial charge in [0, 0.05) is 53.0 Å². The summed E-state index contributed by atoms with van der Waals surface area (Å²) < 4.78 is 0. The van der Waals surface area contributed by atoms with E-state index in [1.807, 2.05) is 60.7 Å². The molecule has 0 amide bonds. The van der Waals surface area contributed by atoms with Crippen molar-refractivity contribution >= 4 is 52.3 Å². The molecule has 0 bridgehead atoms. The van der Waals surface area contributed by atoms with E-state index in [4.69, 9.17) is 0 Å². The van der Waals surface area contributed by atoms with Crippen molar-refractivity contribution in [3.63, 3.8) is 0 Å². The molecule has 288 valence electrons. The molecule has 0 saturated heterocycles. The SMILES string of the molecule is CCCCC(CC)CC(=O)c1ccc(Nc2nc(Nc3ccc(C(=O)CC(CC)CCCC)cc3)nc(Nc3ccc(C(=O)CC(C)(C)C)cc3)n2)cc1. The Bertz CT molecular complexity index is 1700. The second kappa shape index (κ2) is 20.5. The Labute approximate surface area is 322 Å². The number of nitrogens with zero attached hydrogens (tertiary/aromatic N) is 3. The number of unbranched alkanes of at least 4 members (excludes halogenated alkanes) is 2. The highest BCUT2D eigenvalue weighted by Gasteiger charge is 2.18. The van der Waals surface area contributed by atoms with E-state index in [1.54, 1.807) is 12.1 Å². The summed E-state index contributed by atoms with van der Waals surface area (Å²) in [6.07, 6.45) is 10.3. The van der Waals surface area contributed by atoms with Crippen molar-refractivity contribution < 1.29 is 14.4 Å². The Morgan fingerprint density at radius 3 is 1.11 bits per heavy atom. The number of carbonyl (C=O) groups is 3. The summed E-state index contributed by atoms with van der Waals surface area (Å²) >= 11 is 0. The second-order valence-electron chi connectivity index (χ2n) is 15.7. The van der Waals surface area contributed by atoms with Gasteiger partial charge >= 0.3 is 0 Å². The molecule has 0 radical (unpaired) electrons. The number of Topliss-reactive ketones (excluding diaryl/α,β-unsaturated/α-hetero) is 3. The maximum atomic E-state index is 13.1. The average molecular weight is 733 g/mol. The molecule has 2 unspecified atom stereocenters. The van der Waals surface area contributed by atoms with Gasteiger partial charge in [0.05, 0.1) is 0 Å². The van der Waals surface area contributed by atoms with Gasteiger partial charge in [0.25, 0.3) is 0 Å². The lowest BCUT2D eigenvalue weighted by Gasteiger charge is -2.16. The Morgan fingerprint density at radius 1 is 0.519 bits per heavy atom.